The van der Waals surface area contributed by atoms with Crippen LogP contribution in [0.25, 0.3) is 0 Å². The first kappa shape index (κ1) is 14.6. The van der Waals surface area contributed by atoms with Gasteiger partial charge < -0.3 is 10.2 Å². The number of carbonyl (C=O) groups excluding carboxylic acids is 2. The minimum absolute atomic E-state index is 0.0492. The Morgan fingerprint density at radius 3 is 2.55 bits per heavy atom. The van der Waals surface area contributed by atoms with Crippen molar-refractivity contribution < 1.29 is 9.59 Å². The van der Waals surface area contributed by atoms with Gasteiger partial charge in [0.15, 0.2) is 0 Å². The van der Waals surface area contributed by atoms with E-state index in [4.69, 9.17) is 0 Å². The van der Waals surface area contributed by atoms with Crippen molar-refractivity contribution in [2.24, 2.45) is 0 Å². The molecule has 0 unspecified atom stereocenters. The summed E-state index contributed by atoms with van der Waals surface area (Å²) in [6, 6.07) is 10.4. The molecule has 0 saturated heterocycles. The van der Waals surface area contributed by atoms with Crippen LogP contribution < -0.4 is 5.32 Å². The average Bonchev–Trinajstić information content (AvgIpc) is 3.26. The number of hydrogen-bond acceptors (Lipinski definition) is 2. The Labute approximate surface area is 120 Å². The van der Waals surface area contributed by atoms with E-state index in [0.29, 0.717) is 25.6 Å². The maximum absolute atomic E-state index is 11.7. The second kappa shape index (κ2) is 7.08. The number of amides is 2. The van der Waals surface area contributed by atoms with Gasteiger partial charge in [0.2, 0.25) is 11.8 Å². The van der Waals surface area contributed by atoms with Crippen LogP contribution >= 0.6 is 0 Å². The van der Waals surface area contributed by atoms with Crippen molar-refractivity contribution >= 4 is 11.8 Å². The highest BCUT2D eigenvalue weighted by Crippen LogP contribution is 2.26. The van der Waals surface area contributed by atoms with Crippen LogP contribution in [-0.4, -0.2) is 35.8 Å². The van der Waals surface area contributed by atoms with Crippen LogP contribution in [0.15, 0.2) is 30.3 Å². The normalized spacial score (nSPS) is 13.8. The van der Waals surface area contributed by atoms with Gasteiger partial charge in [0.1, 0.15) is 0 Å². The summed E-state index contributed by atoms with van der Waals surface area (Å²) < 4.78 is 0. The molecule has 4 heteroatoms. The summed E-state index contributed by atoms with van der Waals surface area (Å²) in [5.74, 6) is 0.152. The number of hydrogen-bond donors (Lipinski definition) is 1. The number of nitrogens with one attached hydrogen (secondary N) is 1. The van der Waals surface area contributed by atoms with E-state index in [9.17, 15) is 9.59 Å². The van der Waals surface area contributed by atoms with Crippen LogP contribution in [0.2, 0.25) is 0 Å². The van der Waals surface area contributed by atoms with Gasteiger partial charge in [-0.2, -0.15) is 0 Å². The van der Waals surface area contributed by atoms with Crippen LogP contribution in [0.4, 0.5) is 0 Å². The van der Waals surface area contributed by atoms with Gasteiger partial charge in [-0.3, -0.25) is 9.59 Å². The Hall–Kier alpha value is -1.84. The molecule has 1 fully saturated rings. The molecule has 0 aliphatic heterocycles. The zero-order valence-electron chi connectivity index (χ0n) is 12.0. The van der Waals surface area contributed by atoms with Crippen molar-refractivity contribution in [2.75, 3.05) is 13.1 Å². The fourth-order valence-electron chi connectivity index (χ4n) is 2.29. The summed E-state index contributed by atoms with van der Waals surface area (Å²) in [7, 11) is 0. The Morgan fingerprint density at radius 1 is 1.25 bits per heavy atom. The van der Waals surface area contributed by atoms with Gasteiger partial charge >= 0.3 is 0 Å². The van der Waals surface area contributed by atoms with Crippen LogP contribution in [0, 0.1) is 0 Å². The minimum atomic E-state index is 0.0492. The monoisotopic (exact) mass is 274 g/mol. The molecule has 0 spiro atoms. The van der Waals surface area contributed by atoms with Gasteiger partial charge in [0.25, 0.3) is 0 Å². The number of benzene rings is 1. The zero-order chi connectivity index (χ0) is 14.4. The van der Waals surface area contributed by atoms with E-state index in [-0.39, 0.29) is 11.8 Å². The van der Waals surface area contributed by atoms with E-state index in [0.717, 1.165) is 19.3 Å². The zero-order valence-corrected chi connectivity index (χ0v) is 12.0. The summed E-state index contributed by atoms with van der Waals surface area (Å²) >= 11 is 0. The molecular weight excluding hydrogens is 252 g/mol. The molecule has 1 aliphatic rings. The second-order valence-electron chi connectivity index (χ2n) is 5.28. The lowest BCUT2D eigenvalue weighted by molar-refractivity contribution is -0.130. The molecule has 0 atom stereocenters. The first-order valence-corrected chi connectivity index (χ1v) is 7.24. The summed E-state index contributed by atoms with van der Waals surface area (Å²) in [5, 5.41) is 2.89. The summed E-state index contributed by atoms with van der Waals surface area (Å²) in [5.41, 5.74) is 1.17. The lowest BCUT2D eigenvalue weighted by Crippen LogP contribution is -2.38. The summed E-state index contributed by atoms with van der Waals surface area (Å²) in [4.78, 5) is 25.0. The van der Waals surface area contributed by atoms with Gasteiger partial charge in [-0.05, 0) is 24.8 Å². The van der Waals surface area contributed by atoms with E-state index in [1.165, 1.54) is 5.56 Å². The third-order valence-electron chi connectivity index (χ3n) is 3.55. The molecule has 2 rings (SSSR count). The highest BCUT2D eigenvalue weighted by molar-refractivity contribution is 5.76. The molecular formula is C16H22N2O2. The number of aryl methyl sites for hydroxylation is 1. The molecule has 1 N–H and O–H groups in total. The summed E-state index contributed by atoms with van der Waals surface area (Å²) in [6.45, 7) is 2.76. The van der Waals surface area contributed by atoms with E-state index < -0.39 is 0 Å². The number of carbonyl (C=O) groups is 2. The Bertz CT molecular complexity index is 455. The van der Waals surface area contributed by atoms with Crippen molar-refractivity contribution in [3.05, 3.63) is 35.9 Å². The molecule has 20 heavy (non-hydrogen) atoms. The van der Waals surface area contributed by atoms with Crippen molar-refractivity contribution in [1.29, 1.82) is 0 Å². The Balaban J connectivity index is 1.63. The molecule has 1 aromatic carbocycles. The van der Waals surface area contributed by atoms with Crippen LogP contribution in [0.1, 0.15) is 31.7 Å². The molecule has 1 aliphatic carbocycles. The minimum Gasteiger partial charge on any atom is -0.354 e. The predicted molar refractivity (Wildman–Crippen MR) is 78.2 cm³/mol. The Kier molecular flexibility index (Phi) is 5.16. The number of nitrogens with zero attached hydrogens (tertiary/aromatic N) is 1. The SMILES string of the molecule is CC(=O)N(CCNC(=O)CCc1ccccc1)C1CC1. The molecule has 1 aromatic rings. The Morgan fingerprint density at radius 2 is 1.95 bits per heavy atom. The average molecular weight is 274 g/mol. The molecule has 0 bridgehead atoms. The smallest absolute Gasteiger partial charge is 0.220 e. The van der Waals surface area contributed by atoms with Gasteiger partial charge in [-0.15, -0.1) is 0 Å². The van der Waals surface area contributed by atoms with Crippen LogP contribution in [-0.2, 0) is 16.0 Å². The third-order valence-corrected chi connectivity index (χ3v) is 3.55. The van der Waals surface area contributed by atoms with Crippen molar-refractivity contribution in [3.8, 4) is 0 Å². The van der Waals surface area contributed by atoms with E-state index in [2.05, 4.69) is 5.32 Å². The molecule has 108 valence electrons. The fourth-order valence-corrected chi connectivity index (χ4v) is 2.29. The molecule has 2 amide bonds. The lowest BCUT2D eigenvalue weighted by atomic mass is 10.1. The molecule has 1 saturated carbocycles. The standard InChI is InChI=1S/C16H22N2O2/c1-13(19)18(15-8-9-15)12-11-17-16(20)10-7-14-5-3-2-4-6-14/h2-6,15H,7-12H2,1H3,(H,17,20). The van der Waals surface area contributed by atoms with Crippen molar-refractivity contribution in [1.82, 2.24) is 10.2 Å². The highest BCUT2D eigenvalue weighted by Gasteiger charge is 2.30. The highest BCUT2D eigenvalue weighted by atomic mass is 16.2. The maximum atomic E-state index is 11.7. The molecule has 0 heterocycles. The van der Waals surface area contributed by atoms with Crippen molar-refractivity contribution in [2.45, 2.75) is 38.6 Å². The van der Waals surface area contributed by atoms with Crippen LogP contribution in [0.5, 0.6) is 0 Å². The van der Waals surface area contributed by atoms with E-state index in [1.807, 2.05) is 35.2 Å². The largest absolute Gasteiger partial charge is 0.354 e. The second-order valence-corrected chi connectivity index (χ2v) is 5.28. The summed E-state index contributed by atoms with van der Waals surface area (Å²) in [6.07, 6.45) is 3.45. The van der Waals surface area contributed by atoms with Gasteiger partial charge in [-0.25, -0.2) is 0 Å². The number of rotatable bonds is 7. The van der Waals surface area contributed by atoms with Crippen molar-refractivity contribution in [3.63, 3.8) is 0 Å². The lowest BCUT2D eigenvalue weighted by Gasteiger charge is -2.20. The van der Waals surface area contributed by atoms with E-state index in [1.54, 1.807) is 6.92 Å². The quantitative estimate of drug-likeness (QED) is 0.823. The van der Waals surface area contributed by atoms with Crippen LogP contribution in [0.3, 0.4) is 0 Å². The topological polar surface area (TPSA) is 49.4 Å². The maximum Gasteiger partial charge on any atom is 0.220 e. The molecule has 0 aromatic heterocycles. The first-order valence-electron chi connectivity index (χ1n) is 7.24. The van der Waals surface area contributed by atoms with Gasteiger partial charge in [0, 0.05) is 32.5 Å². The third kappa shape index (κ3) is 4.68. The van der Waals surface area contributed by atoms with Gasteiger partial charge in [-0.1, -0.05) is 30.3 Å². The van der Waals surface area contributed by atoms with E-state index >= 15 is 0 Å². The van der Waals surface area contributed by atoms with Gasteiger partial charge in [0.05, 0.1) is 0 Å². The fraction of sp³-hybridized carbons (Fsp3) is 0.500. The first-order chi connectivity index (χ1) is 9.66. The predicted octanol–water partition coefficient (Wildman–Crippen LogP) is 1.75. The molecule has 0 radical (unpaired) electrons. The molecule has 4 nitrogen and oxygen atoms in total.